The zero-order chi connectivity index (χ0) is 28.0. The molecule has 9 heteroatoms. The molecular weight excluding hydrogens is 507 g/mol. The van der Waals surface area contributed by atoms with Gasteiger partial charge in [0.25, 0.3) is 0 Å². The minimum Gasteiger partial charge on any atom is -0.490 e. The fourth-order valence-electron chi connectivity index (χ4n) is 4.87. The predicted octanol–water partition coefficient (Wildman–Crippen LogP) is 6.20. The highest BCUT2D eigenvalue weighted by molar-refractivity contribution is 5.73. The molecular formula is C30H34F3N3O3. The van der Waals surface area contributed by atoms with Gasteiger partial charge in [-0.25, -0.2) is 9.97 Å². The maximum absolute atomic E-state index is 13.0. The number of esters is 1. The van der Waals surface area contributed by atoms with E-state index in [1.165, 1.54) is 19.2 Å². The number of fused-ring (bicyclic) bond motifs is 1. The van der Waals surface area contributed by atoms with E-state index >= 15 is 0 Å². The Morgan fingerprint density at radius 2 is 1.82 bits per heavy atom. The number of benzene rings is 2. The predicted molar refractivity (Wildman–Crippen MR) is 143 cm³/mol. The van der Waals surface area contributed by atoms with Crippen LogP contribution in [0.4, 0.5) is 19.1 Å². The number of hydrogen-bond acceptors (Lipinski definition) is 6. The van der Waals surface area contributed by atoms with Crippen molar-refractivity contribution in [3.8, 4) is 5.75 Å². The molecule has 2 aromatic carbocycles. The molecule has 0 radical (unpaired) electrons. The molecule has 0 bridgehead atoms. The van der Waals surface area contributed by atoms with E-state index in [0.717, 1.165) is 65.8 Å². The zero-order valence-electron chi connectivity index (χ0n) is 22.5. The van der Waals surface area contributed by atoms with Crippen molar-refractivity contribution in [2.45, 2.75) is 64.8 Å². The lowest BCUT2D eigenvalue weighted by Gasteiger charge is -2.33. The summed E-state index contributed by atoms with van der Waals surface area (Å²) in [5.41, 5.74) is 3.09. The van der Waals surface area contributed by atoms with Crippen LogP contribution in [0.3, 0.4) is 0 Å². The van der Waals surface area contributed by atoms with E-state index in [2.05, 4.69) is 16.9 Å². The quantitative estimate of drug-likeness (QED) is 0.285. The molecule has 1 aliphatic rings. The molecule has 2 heterocycles. The van der Waals surface area contributed by atoms with E-state index in [4.69, 9.17) is 9.47 Å². The second-order valence-electron chi connectivity index (χ2n) is 9.99. The molecule has 2 unspecified atom stereocenters. The summed E-state index contributed by atoms with van der Waals surface area (Å²) in [7, 11) is 1.39. The number of anilines is 1. The molecule has 0 fully saturated rings. The summed E-state index contributed by atoms with van der Waals surface area (Å²) in [6, 6.07) is 11.0. The number of hydrogen-bond donors (Lipinski definition) is 0. The minimum atomic E-state index is -4.37. The monoisotopic (exact) mass is 541 g/mol. The summed E-state index contributed by atoms with van der Waals surface area (Å²) in [5, 5.41) is 0. The molecule has 1 aliphatic heterocycles. The Kier molecular flexibility index (Phi) is 9.09. The van der Waals surface area contributed by atoms with Crippen LogP contribution in [0, 0.1) is 5.92 Å². The Balaban J connectivity index is 1.44. The van der Waals surface area contributed by atoms with E-state index in [1.807, 2.05) is 30.0 Å². The molecule has 208 valence electrons. The van der Waals surface area contributed by atoms with Gasteiger partial charge in [0.1, 0.15) is 11.9 Å². The molecule has 0 spiro atoms. The van der Waals surface area contributed by atoms with Crippen LogP contribution >= 0.6 is 0 Å². The Labute approximate surface area is 227 Å². The topological polar surface area (TPSA) is 64.6 Å². The van der Waals surface area contributed by atoms with E-state index in [0.29, 0.717) is 19.0 Å². The van der Waals surface area contributed by atoms with Crippen molar-refractivity contribution in [3.63, 3.8) is 0 Å². The maximum Gasteiger partial charge on any atom is 0.416 e. The molecule has 1 aromatic heterocycles. The highest BCUT2D eigenvalue weighted by Crippen LogP contribution is 2.35. The van der Waals surface area contributed by atoms with Crippen LogP contribution in [0.5, 0.6) is 5.75 Å². The van der Waals surface area contributed by atoms with Crippen LogP contribution in [-0.4, -0.2) is 35.7 Å². The summed E-state index contributed by atoms with van der Waals surface area (Å²) < 4.78 is 50.3. The molecule has 0 aliphatic carbocycles. The summed E-state index contributed by atoms with van der Waals surface area (Å²) in [6.07, 6.45) is 2.63. The average Bonchev–Trinajstić information content (AvgIpc) is 2.93. The van der Waals surface area contributed by atoms with Gasteiger partial charge in [0.2, 0.25) is 5.95 Å². The lowest BCUT2D eigenvalue weighted by Crippen LogP contribution is -2.33. The number of methoxy groups -OCH3 is 1. The molecule has 6 nitrogen and oxygen atoms in total. The third kappa shape index (κ3) is 7.28. The van der Waals surface area contributed by atoms with Crippen molar-refractivity contribution < 1.29 is 27.4 Å². The molecule has 3 aromatic rings. The van der Waals surface area contributed by atoms with Crippen molar-refractivity contribution in [1.82, 2.24) is 9.97 Å². The van der Waals surface area contributed by atoms with Crippen molar-refractivity contribution in [3.05, 3.63) is 82.7 Å². The maximum atomic E-state index is 13.0. The van der Waals surface area contributed by atoms with Gasteiger partial charge < -0.3 is 14.4 Å². The van der Waals surface area contributed by atoms with Crippen LogP contribution in [0.25, 0.3) is 0 Å². The fraction of sp³-hybridized carbons (Fsp3) is 0.433. The minimum absolute atomic E-state index is 0.00202. The number of carbonyl (C=O) groups excluding carboxylic acids is 1. The van der Waals surface area contributed by atoms with Gasteiger partial charge in [0, 0.05) is 25.5 Å². The molecule has 0 amide bonds. The Hall–Kier alpha value is -3.62. The average molecular weight is 542 g/mol. The van der Waals surface area contributed by atoms with E-state index in [1.54, 1.807) is 12.4 Å². The second-order valence-corrected chi connectivity index (χ2v) is 9.99. The van der Waals surface area contributed by atoms with Crippen LogP contribution in [-0.2, 0) is 41.5 Å². The van der Waals surface area contributed by atoms with Crippen LogP contribution < -0.4 is 9.64 Å². The third-order valence-electron chi connectivity index (χ3n) is 7.19. The van der Waals surface area contributed by atoms with Gasteiger partial charge in [-0.15, -0.1) is 0 Å². The fourth-order valence-corrected chi connectivity index (χ4v) is 4.87. The first-order valence-corrected chi connectivity index (χ1v) is 13.2. The number of nitrogens with zero attached hydrogens (tertiary/aromatic N) is 3. The van der Waals surface area contributed by atoms with Crippen molar-refractivity contribution >= 4 is 11.9 Å². The van der Waals surface area contributed by atoms with Gasteiger partial charge in [0.05, 0.1) is 19.1 Å². The Morgan fingerprint density at radius 3 is 2.46 bits per heavy atom. The SMILES string of the molecule is CCc1cnc(N(CCCC2Oc3cccc(CC(=O)OC)c3CC2C)Cc2ccc(C(F)(F)F)cc2)nc1. The normalized spacial score (nSPS) is 16.8. The summed E-state index contributed by atoms with van der Waals surface area (Å²) >= 11 is 0. The first-order valence-electron chi connectivity index (χ1n) is 13.2. The first-order chi connectivity index (χ1) is 18.7. The standard InChI is InChI=1S/C30H34F3N3O3/c1-4-21-17-34-29(35-18-21)36(19-22-10-12-24(13-11-22)30(31,32)33)14-6-9-26-20(2)15-25-23(16-28(37)38-3)7-5-8-27(25)39-26/h5,7-8,10-13,17-18,20,26H,4,6,9,14-16,19H2,1-3H3. The lowest BCUT2D eigenvalue weighted by atomic mass is 9.87. The summed E-state index contributed by atoms with van der Waals surface area (Å²) in [6.45, 7) is 5.19. The highest BCUT2D eigenvalue weighted by atomic mass is 19.4. The Bertz CT molecular complexity index is 1250. The number of halogens is 3. The van der Waals surface area contributed by atoms with Crippen molar-refractivity contribution in [2.75, 3.05) is 18.6 Å². The molecule has 0 saturated heterocycles. The smallest absolute Gasteiger partial charge is 0.416 e. The Morgan fingerprint density at radius 1 is 1.10 bits per heavy atom. The van der Waals surface area contributed by atoms with E-state index in [9.17, 15) is 18.0 Å². The van der Waals surface area contributed by atoms with E-state index < -0.39 is 11.7 Å². The molecule has 2 atom stereocenters. The zero-order valence-corrected chi connectivity index (χ0v) is 22.5. The number of ether oxygens (including phenoxy) is 2. The number of aryl methyl sites for hydroxylation is 1. The first kappa shape index (κ1) is 28.4. The van der Waals surface area contributed by atoms with Crippen molar-refractivity contribution in [2.24, 2.45) is 5.92 Å². The van der Waals surface area contributed by atoms with Gasteiger partial charge in [-0.1, -0.05) is 38.1 Å². The highest BCUT2D eigenvalue weighted by Gasteiger charge is 2.30. The number of aromatic nitrogens is 2. The number of alkyl halides is 3. The second kappa shape index (κ2) is 12.5. The number of rotatable bonds is 10. The third-order valence-corrected chi connectivity index (χ3v) is 7.19. The van der Waals surface area contributed by atoms with Crippen LogP contribution in [0.1, 0.15) is 54.5 Å². The van der Waals surface area contributed by atoms with Gasteiger partial charge >= 0.3 is 12.1 Å². The summed E-state index contributed by atoms with van der Waals surface area (Å²) in [5.74, 6) is 1.32. The van der Waals surface area contributed by atoms with Crippen molar-refractivity contribution in [1.29, 1.82) is 0 Å². The van der Waals surface area contributed by atoms with E-state index in [-0.39, 0.29) is 24.4 Å². The molecule has 0 saturated carbocycles. The lowest BCUT2D eigenvalue weighted by molar-refractivity contribution is -0.140. The largest absolute Gasteiger partial charge is 0.490 e. The molecule has 0 N–H and O–H groups in total. The van der Waals surface area contributed by atoms with Gasteiger partial charge in [-0.05, 0) is 72.1 Å². The molecule has 4 rings (SSSR count). The summed E-state index contributed by atoms with van der Waals surface area (Å²) in [4.78, 5) is 22.9. The van der Waals surface area contributed by atoms with Gasteiger partial charge in [0.15, 0.2) is 0 Å². The molecule has 39 heavy (non-hydrogen) atoms. The van der Waals surface area contributed by atoms with Gasteiger partial charge in [-0.3, -0.25) is 4.79 Å². The van der Waals surface area contributed by atoms with Crippen LogP contribution in [0.15, 0.2) is 54.9 Å². The van der Waals surface area contributed by atoms with Crippen LogP contribution in [0.2, 0.25) is 0 Å². The van der Waals surface area contributed by atoms with Gasteiger partial charge in [-0.2, -0.15) is 13.2 Å². The number of carbonyl (C=O) groups is 1.